The Balaban J connectivity index is 2.54. The number of rotatable bonds is 2. The van der Waals surface area contributed by atoms with Gasteiger partial charge < -0.3 is 14.6 Å². The van der Waals surface area contributed by atoms with Crippen molar-refractivity contribution in [1.82, 2.24) is 0 Å². The van der Waals surface area contributed by atoms with Crippen LogP contribution in [0.5, 0.6) is 0 Å². The Hall–Kier alpha value is -0.900. The lowest BCUT2D eigenvalue weighted by molar-refractivity contribution is -0.273. The van der Waals surface area contributed by atoms with Crippen LogP contribution in [-0.4, -0.2) is 25.4 Å². The van der Waals surface area contributed by atoms with Gasteiger partial charge in [-0.2, -0.15) is 0 Å². The first kappa shape index (κ1) is 10.6. The molecule has 1 N–H and O–H groups in total. The number of hydrogen-bond acceptors (Lipinski definition) is 3. The van der Waals surface area contributed by atoms with Gasteiger partial charge in [0.2, 0.25) is 5.79 Å². The largest absolute Gasteiger partial charge is 0.387 e. The number of methoxy groups -OCH3 is 2. The molecule has 1 unspecified atom stereocenters. The van der Waals surface area contributed by atoms with Crippen LogP contribution in [0.2, 0.25) is 0 Å². The fourth-order valence-corrected chi connectivity index (χ4v) is 2.32. The zero-order valence-electron chi connectivity index (χ0n) is 9.06. The molecule has 0 heterocycles. The highest BCUT2D eigenvalue weighted by atomic mass is 16.7. The molecule has 1 atom stereocenters. The number of aliphatic hydroxyl groups excluding tert-OH is 1. The molecule has 0 amide bonds. The monoisotopic (exact) mass is 208 g/mol. The Kier molecular flexibility index (Phi) is 2.78. The molecule has 1 aliphatic carbocycles. The molecule has 15 heavy (non-hydrogen) atoms. The number of ether oxygens (including phenoxy) is 2. The lowest BCUT2D eigenvalue weighted by Gasteiger charge is -2.40. The highest BCUT2D eigenvalue weighted by Gasteiger charge is 2.44. The van der Waals surface area contributed by atoms with Gasteiger partial charge >= 0.3 is 0 Å². The summed E-state index contributed by atoms with van der Waals surface area (Å²) in [5.74, 6) is -0.991. The highest BCUT2D eigenvalue weighted by Crippen LogP contribution is 2.38. The highest BCUT2D eigenvalue weighted by molar-refractivity contribution is 5.34. The van der Waals surface area contributed by atoms with Crippen LogP contribution >= 0.6 is 0 Å². The number of hydrogen-bond donors (Lipinski definition) is 1. The summed E-state index contributed by atoms with van der Waals surface area (Å²) in [5.41, 5.74) is 2.13. The molecule has 3 nitrogen and oxygen atoms in total. The standard InChI is InChI=1S/C12H16O3/c1-14-12(15-2)10-6-4-3-5-9(10)7-8-11(12)13/h3-6,11,13H,7-8H2,1-2H3. The molecule has 0 bridgehead atoms. The quantitative estimate of drug-likeness (QED) is 0.747. The second-order valence-corrected chi connectivity index (χ2v) is 3.79. The zero-order chi connectivity index (χ0) is 10.9. The smallest absolute Gasteiger partial charge is 0.221 e. The molecule has 82 valence electrons. The van der Waals surface area contributed by atoms with Crippen molar-refractivity contribution in [3.05, 3.63) is 35.4 Å². The Bertz CT molecular complexity index is 344. The van der Waals surface area contributed by atoms with Crippen LogP contribution in [0.1, 0.15) is 17.5 Å². The minimum atomic E-state index is -0.991. The lowest BCUT2D eigenvalue weighted by atomic mass is 9.84. The molecule has 0 saturated heterocycles. The Morgan fingerprint density at radius 3 is 2.60 bits per heavy atom. The predicted molar refractivity (Wildman–Crippen MR) is 56.5 cm³/mol. The number of fused-ring (bicyclic) bond motifs is 1. The van der Waals surface area contributed by atoms with Crippen LogP contribution < -0.4 is 0 Å². The van der Waals surface area contributed by atoms with E-state index >= 15 is 0 Å². The second kappa shape index (κ2) is 3.93. The van der Waals surface area contributed by atoms with Crippen molar-refractivity contribution in [2.24, 2.45) is 0 Å². The Morgan fingerprint density at radius 2 is 1.93 bits per heavy atom. The lowest BCUT2D eigenvalue weighted by Crippen LogP contribution is -2.46. The second-order valence-electron chi connectivity index (χ2n) is 3.79. The van der Waals surface area contributed by atoms with E-state index in [0.29, 0.717) is 6.42 Å². The zero-order valence-corrected chi connectivity index (χ0v) is 9.06. The molecule has 3 heteroatoms. The van der Waals surface area contributed by atoms with E-state index in [4.69, 9.17) is 9.47 Å². The number of aryl methyl sites for hydroxylation is 1. The van der Waals surface area contributed by atoms with E-state index in [0.717, 1.165) is 12.0 Å². The van der Waals surface area contributed by atoms with Crippen molar-refractivity contribution in [2.45, 2.75) is 24.7 Å². The third-order valence-electron chi connectivity index (χ3n) is 3.13. The molecular formula is C12H16O3. The van der Waals surface area contributed by atoms with Gasteiger partial charge in [0.1, 0.15) is 6.10 Å². The van der Waals surface area contributed by atoms with Crippen LogP contribution in [0, 0.1) is 0 Å². The summed E-state index contributed by atoms with van der Waals surface area (Å²) in [6, 6.07) is 7.93. The first-order valence-corrected chi connectivity index (χ1v) is 5.11. The van der Waals surface area contributed by atoms with Crippen LogP contribution in [-0.2, 0) is 21.7 Å². The van der Waals surface area contributed by atoms with Gasteiger partial charge in [-0.1, -0.05) is 24.3 Å². The van der Waals surface area contributed by atoms with E-state index in [1.54, 1.807) is 14.2 Å². The Morgan fingerprint density at radius 1 is 1.27 bits per heavy atom. The molecule has 1 aliphatic rings. The van der Waals surface area contributed by atoms with Crippen LogP contribution in [0.4, 0.5) is 0 Å². The van der Waals surface area contributed by atoms with E-state index in [1.165, 1.54) is 5.56 Å². The van der Waals surface area contributed by atoms with Crippen molar-refractivity contribution in [2.75, 3.05) is 14.2 Å². The number of benzene rings is 1. The van der Waals surface area contributed by atoms with Gasteiger partial charge in [0.15, 0.2) is 0 Å². The maximum atomic E-state index is 10.0. The summed E-state index contributed by atoms with van der Waals surface area (Å²) in [7, 11) is 3.13. The summed E-state index contributed by atoms with van der Waals surface area (Å²) < 4.78 is 10.8. The molecule has 1 aromatic carbocycles. The summed E-state index contributed by atoms with van der Waals surface area (Å²) in [6.45, 7) is 0. The summed E-state index contributed by atoms with van der Waals surface area (Å²) in [6.07, 6.45) is 0.923. The van der Waals surface area contributed by atoms with Crippen molar-refractivity contribution in [1.29, 1.82) is 0 Å². The predicted octanol–water partition coefficient (Wildman–Crippen LogP) is 1.44. The third kappa shape index (κ3) is 1.47. The van der Waals surface area contributed by atoms with E-state index in [1.807, 2.05) is 24.3 Å². The van der Waals surface area contributed by atoms with Gasteiger partial charge in [-0.25, -0.2) is 0 Å². The summed E-state index contributed by atoms with van der Waals surface area (Å²) in [4.78, 5) is 0. The summed E-state index contributed by atoms with van der Waals surface area (Å²) >= 11 is 0. The van der Waals surface area contributed by atoms with Crippen LogP contribution in [0.25, 0.3) is 0 Å². The van der Waals surface area contributed by atoms with Gasteiger partial charge in [0.25, 0.3) is 0 Å². The molecule has 1 aromatic rings. The molecule has 0 radical (unpaired) electrons. The van der Waals surface area contributed by atoms with Crippen molar-refractivity contribution in [3.8, 4) is 0 Å². The van der Waals surface area contributed by atoms with Gasteiger partial charge in [-0.05, 0) is 18.4 Å². The normalized spacial score (nSPS) is 23.5. The average Bonchev–Trinajstić information content (AvgIpc) is 2.30. The molecule has 0 aliphatic heterocycles. The molecule has 2 rings (SSSR count). The SMILES string of the molecule is COC1(OC)c2ccccc2CCC1O. The molecule has 0 fully saturated rings. The minimum absolute atomic E-state index is 0.609. The minimum Gasteiger partial charge on any atom is -0.387 e. The summed E-state index contributed by atoms with van der Waals surface area (Å²) in [5, 5.41) is 10.0. The number of aliphatic hydroxyl groups is 1. The average molecular weight is 208 g/mol. The third-order valence-corrected chi connectivity index (χ3v) is 3.13. The van der Waals surface area contributed by atoms with Gasteiger partial charge in [0.05, 0.1) is 0 Å². The molecule has 0 aromatic heterocycles. The molecular weight excluding hydrogens is 192 g/mol. The van der Waals surface area contributed by atoms with E-state index in [-0.39, 0.29) is 0 Å². The van der Waals surface area contributed by atoms with E-state index in [9.17, 15) is 5.11 Å². The van der Waals surface area contributed by atoms with Crippen molar-refractivity contribution < 1.29 is 14.6 Å². The van der Waals surface area contributed by atoms with Crippen LogP contribution in [0.3, 0.4) is 0 Å². The molecule has 0 saturated carbocycles. The fraction of sp³-hybridized carbons (Fsp3) is 0.500. The maximum Gasteiger partial charge on any atom is 0.221 e. The van der Waals surface area contributed by atoms with E-state index < -0.39 is 11.9 Å². The van der Waals surface area contributed by atoms with Crippen LogP contribution in [0.15, 0.2) is 24.3 Å². The van der Waals surface area contributed by atoms with Crippen molar-refractivity contribution >= 4 is 0 Å². The topological polar surface area (TPSA) is 38.7 Å². The van der Waals surface area contributed by atoms with Gasteiger partial charge in [-0.3, -0.25) is 0 Å². The Labute approximate surface area is 89.6 Å². The van der Waals surface area contributed by atoms with Gasteiger partial charge in [-0.15, -0.1) is 0 Å². The maximum absolute atomic E-state index is 10.0. The first-order valence-electron chi connectivity index (χ1n) is 5.11. The van der Waals surface area contributed by atoms with E-state index in [2.05, 4.69) is 0 Å². The molecule has 0 spiro atoms. The van der Waals surface area contributed by atoms with Crippen molar-refractivity contribution in [3.63, 3.8) is 0 Å². The first-order chi connectivity index (χ1) is 7.24. The van der Waals surface area contributed by atoms with Gasteiger partial charge in [0, 0.05) is 19.8 Å². The fourth-order valence-electron chi connectivity index (χ4n) is 2.32.